The zero-order valence-corrected chi connectivity index (χ0v) is 10.5. The van der Waals surface area contributed by atoms with Crippen LogP contribution in [0.15, 0.2) is 0 Å². The van der Waals surface area contributed by atoms with Crippen molar-refractivity contribution in [2.75, 3.05) is 0 Å². The molecule has 0 heterocycles. The van der Waals surface area contributed by atoms with E-state index >= 15 is 0 Å². The molecule has 0 unspecified atom stereocenters. The minimum Gasteiger partial charge on any atom is -0.266 e. The number of hydrogen-bond acceptors (Lipinski definition) is 4. The Bertz CT molecular complexity index is 343. The Hall–Kier alpha value is -0.840. The first-order chi connectivity index (χ1) is 7.10. The van der Waals surface area contributed by atoms with E-state index in [0.717, 1.165) is 0 Å². The van der Waals surface area contributed by atoms with Gasteiger partial charge in [-0.25, -0.2) is 4.57 Å². The van der Waals surface area contributed by atoms with E-state index in [1.54, 1.807) is 0 Å². The summed E-state index contributed by atoms with van der Waals surface area (Å²) >= 11 is 0. The van der Waals surface area contributed by atoms with Gasteiger partial charge in [0.2, 0.25) is 0 Å². The van der Waals surface area contributed by atoms with Crippen LogP contribution in [-0.4, -0.2) is 11.2 Å². The largest absolute Gasteiger partial charge is 0.508 e. The second-order valence-electron chi connectivity index (χ2n) is 4.01. The van der Waals surface area contributed by atoms with Crippen LogP contribution >= 0.6 is 7.82 Å². The Labute approximate surface area is 95.0 Å². The number of terminal acetylenes is 2. The molecular formula is C10H14FO4P. The van der Waals surface area contributed by atoms with E-state index in [4.69, 9.17) is 21.9 Å². The van der Waals surface area contributed by atoms with Crippen LogP contribution in [0.5, 0.6) is 0 Å². The van der Waals surface area contributed by atoms with Crippen molar-refractivity contribution in [3.63, 3.8) is 0 Å². The SMILES string of the molecule is C#CC(C)(C)OP(=O)(OF)OC(C)(C)C#C. The van der Waals surface area contributed by atoms with Gasteiger partial charge in [0.25, 0.3) is 0 Å². The number of rotatable bonds is 5. The molecule has 6 heteroatoms. The molecule has 0 atom stereocenters. The van der Waals surface area contributed by atoms with E-state index in [1.807, 2.05) is 0 Å². The summed E-state index contributed by atoms with van der Waals surface area (Å²) in [7, 11) is -4.43. The van der Waals surface area contributed by atoms with Crippen LogP contribution < -0.4 is 0 Å². The lowest BCUT2D eigenvalue weighted by molar-refractivity contribution is -0.0813. The Morgan fingerprint density at radius 2 is 1.38 bits per heavy atom. The molecule has 0 N–H and O–H groups in total. The molecular weight excluding hydrogens is 234 g/mol. The normalized spacial score (nSPS) is 12.9. The molecule has 16 heavy (non-hydrogen) atoms. The maximum absolute atomic E-state index is 12.2. The summed E-state index contributed by atoms with van der Waals surface area (Å²) in [6.45, 7) is 5.63. The Morgan fingerprint density at radius 3 is 1.56 bits per heavy atom. The predicted octanol–water partition coefficient (Wildman–Crippen LogP) is 2.85. The lowest BCUT2D eigenvalue weighted by Crippen LogP contribution is -2.26. The second kappa shape index (κ2) is 4.99. The van der Waals surface area contributed by atoms with Crippen LogP contribution in [0, 0.1) is 24.7 Å². The van der Waals surface area contributed by atoms with Crippen LogP contribution in [0.4, 0.5) is 4.53 Å². The Morgan fingerprint density at radius 1 is 1.06 bits per heavy atom. The molecule has 0 aliphatic carbocycles. The summed E-state index contributed by atoms with van der Waals surface area (Å²) in [5.74, 6) is 4.32. The van der Waals surface area contributed by atoms with Crippen molar-refractivity contribution in [3.05, 3.63) is 0 Å². The van der Waals surface area contributed by atoms with Crippen LogP contribution in [0.25, 0.3) is 0 Å². The van der Waals surface area contributed by atoms with Gasteiger partial charge in [-0.3, -0.25) is 9.05 Å². The van der Waals surface area contributed by atoms with Crippen molar-refractivity contribution in [1.29, 1.82) is 0 Å². The molecule has 0 rings (SSSR count). The highest BCUT2D eigenvalue weighted by Crippen LogP contribution is 2.55. The molecule has 0 aromatic heterocycles. The molecule has 90 valence electrons. The highest BCUT2D eigenvalue weighted by atomic mass is 31.2. The van der Waals surface area contributed by atoms with E-state index in [2.05, 4.69) is 16.6 Å². The average Bonchev–Trinajstić information content (AvgIpc) is 2.16. The summed E-state index contributed by atoms with van der Waals surface area (Å²) in [6, 6.07) is 0. The monoisotopic (exact) mass is 248 g/mol. The summed E-state index contributed by atoms with van der Waals surface area (Å²) in [5.41, 5.74) is -2.60. The van der Waals surface area contributed by atoms with Gasteiger partial charge in [-0.15, -0.1) is 12.8 Å². The Balaban J connectivity index is 4.92. The number of halogens is 1. The van der Waals surface area contributed by atoms with Gasteiger partial charge in [-0.1, -0.05) is 16.6 Å². The number of phosphoric ester groups is 1. The van der Waals surface area contributed by atoms with E-state index in [0.29, 0.717) is 0 Å². The van der Waals surface area contributed by atoms with Gasteiger partial charge in [0.1, 0.15) is 11.2 Å². The van der Waals surface area contributed by atoms with Crippen LogP contribution in [0.3, 0.4) is 0 Å². The van der Waals surface area contributed by atoms with Gasteiger partial charge in [0.05, 0.1) is 0 Å². The van der Waals surface area contributed by atoms with Crippen molar-refractivity contribution >= 4 is 7.82 Å². The predicted molar refractivity (Wildman–Crippen MR) is 57.8 cm³/mol. The van der Waals surface area contributed by atoms with Crippen LogP contribution in [-0.2, 0) is 18.3 Å². The van der Waals surface area contributed by atoms with Crippen molar-refractivity contribution < 1.29 is 22.9 Å². The fraction of sp³-hybridized carbons (Fsp3) is 0.600. The Kier molecular flexibility index (Phi) is 4.73. The zero-order valence-electron chi connectivity index (χ0n) is 9.61. The van der Waals surface area contributed by atoms with E-state index in [9.17, 15) is 9.09 Å². The molecule has 0 aromatic carbocycles. The highest BCUT2D eigenvalue weighted by molar-refractivity contribution is 7.48. The molecule has 4 nitrogen and oxygen atoms in total. The fourth-order valence-corrected chi connectivity index (χ4v) is 1.98. The maximum atomic E-state index is 12.2. The molecule has 0 spiro atoms. The third kappa shape index (κ3) is 4.79. The first-order valence-electron chi connectivity index (χ1n) is 4.37. The molecule has 0 saturated carbocycles. The molecule has 0 amide bonds. The van der Waals surface area contributed by atoms with Crippen molar-refractivity contribution in [1.82, 2.24) is 0 Å². The summed E-state index contributed by atoms with van der Waals surface area (Å²) in [4.78, 5) is 0. The first-order valence-corrected chi connectivity index (χ1v) is 5.83. The highest BCUT2D eigenvalue weighted by Gasteiger charge is 2.40. The van der Waals surface area contributed by atoms with Gasteiger partial charge in [-0.2, -0.15) is 0 Å². The average molecular weight is 248 g/mol. The first kappa shape index (κ1) is 15.2. The maximum Gasteiger partial charge on any atom is 0.508 e. The molecule has 0 saturated heterocycles. The third-order valence-electron chi connectivity index (χ3n) is 1.46. The van der Waals surface area contributed by atoms with Crippen molar-refractivity contribution in [3.8, 4) is 24.7 Å². The van der Waals surface area contributed by atoms with E-state index < -0.39 is 19.0 Å². The number of phosphoric acid groups is 1. The molecule has 0 bridgehead atoms. The lowest BCUT2D eigenvalue weighted by Gasteiger charge is -2.27. The summed E-state index contributed by atoms with van der Waals surface area (Å²) in [5, 5.41) is 0. The van der Waals surface area contributed by atoms with Crippen LogP contribution in [0.1, 0.15) is 27.7 Å². The van der Waals surface area contributed by atoms with Crippen molar-refractivity contribution in [2.24, 2.45) is 0 Å². The second-order valence-corrected chi connectivity index (χ2v) is 5.41. The van der Waals surface area contributed by atoms with Crippen molar-refractivity contribution in [2.45, 2.75) is 38.9 Å². The summed E-state index contributed by atoms with van der Waals surface area (Å²) < 4.78 is 36.7. The van der Waals surface area contributed by atoms with Gasteiger partial charge in [0.15, 0.2) is 0 Å². The van der Waals surface area contributed by atoms with Gasteiger partial charge < -0.3 is 0 Å². The third-order valence-corrected chi connectivity index (χ3v) is 2.99. The minimum atomic E-state index is -4.43. The smallest absolute Gasteiger partial charge is 0.266 e. The minimum absolute atomic E-state index is 1.30. The number of hydrogen-bond donors (Lipinski definition) is 0. The molecule has 0 aliphatic heterocycles. The fourth-order valence-electron chi connectivity index (χ4n) is 0.659. The van der Waals surface area contributed by atoms with E-state index in [1.165, 1.54) is 27.7 Å². The summed E-state index contributed by atoms with van der Waals surface area (Å²) in [6.07, 6.45) is 10.2. The molecule has 0 fully saturated rings. The van der Waals surface area contributed by atoms with Gasteiger partial charge >= 0.3 is 7.82 Å². The molecule has 0 radical (unpaired) electrons. The van der Waals surface area contributed by atoms with Gasteiger partial charge in [0, 0.05) is 0 Å². The van der Waals surface area contributed by atoms with Gasteiger partial charge in [-0.05, 0) is 32.2 Å². The van der Waals surface area contributed by atoms with E-state index in [-0.39, 0.29) is 0 Å². The molecule has 0 aromatic rings. The quantitative estimate of drug-likeness (QED) is 0.554. The molecule has 0 aliphatic rings. The lowest BCUT2D eigenvalue weighted by atomic mass is 10.2. The van der Waals surface area contributed by atoms with Crippen LogP contribution in [0.2, 0.25) is 0 Å². The standard InChI is InChI=1S/C10H14FO4P/c1-7-9(3,4)13-16(12,15-11)14-10(5,6)8-2/h1-2H,3-6H3. The zero-order chi connectivity index (χ0) is 13.0. The topological polar surface area (TPSA) is 44.8 Å².